The van der Waals surface area contributed by atoms with E-state index >= 15 is 0 Å². The highest BCUT2D eigenvalue weighted by molar-refractivity contribution is 7.13. The minimum Gasteiger partial charge on any atom is -0.493 e. The standard InChI is InChI=1S/C38H40N4O3S/c1-4-5-21-42(22-9-10-23-43)33-16-14-31(37(24-33)45-28-30-11-7-6-8-12-30)15-18-35-20-19-34(46-35)17-13-29(2)36(27-41)38(44-3)32(25-39)26-40/h6-8,11-20,24,43H,4-5,9-10,21-23,28H2,1-3H3/b17-13+,18-15+,36-29+. The molecule has 0 spiro atoms. The average Bonchev–Trinajstić information content (AvgIpc) is 3.55. The largest absolute Gasteiger partial charge is 0.493 e. The zero-order chi connectivity index (χ0) is 33.1. The molecular weight excluding hydrogens is 593 g/mol. The highest BCUT2D eigenvalue weighted by atomic mass is 32.1. The summed E-state index contributed by atoms with van der Waals surface area (Å²) >= 11 is 1.59. The van der Waals surface area contributed by atoms with Crippen LogP contribution in [0.3, 0.4) is 0 Å². The van der Waals surface area contributed by atoms with Gasteiger partial charge in [0, 0.05) is 46.8 Å². The van der Waals surface area contributed by atoms with Crippen LogP contribution in [0.25, 0.3) is 18.2 Å². The summed E-state index contributed by atoms with van der Waals surface area (Å²) in [6, 6.07) is 26.1. The van der Waals surface area contributed by atoms with Gasteiger partial charge in [-0.25, -0.2) is 0 Å². The van der Waals surface area contributed by atoms with Crippen LogP contribution in [-0.2, 0) is 11.3 Å². The monoisotopic (exact) mass is 632 g/mol. The summed E-state index contributed by atoms with van der Waals surface area (Å²) in [6.07, 6.45) is 11.7. The number of ether oxygens (including phenoxy) is 2. The second kappa shape index (κ2) is 19.3. The number of allylic oxidation sites excluding steroid dienone is 4. The number of aliphatic hydroxyl groups is 1. The number of hydrogen-bond donors (Lipinski definition) is 1. The predicted molar refractivity (Wildman–Crippen MR) is 187 cm³/mol. The van der Waals surface area contributed by atoms with E-state index in [4.69, 9.17) is 9.47 Å². The molecule has 0 aliphatic heterocycles. The molecule has 0 fully saturated rings. The molecule has 8 heteroatoms. The lowest BCUT2D eigenvalue weighted by Crippen LogP contribution is -2.25. The van der Waals surface area contributed by atoms with E-state index in [1.165, 1.54) is 7.11 Å². The molecule has 0 aliphatic carbocycles. The molecule has 0 bridgehead atoms. The van der Waals surface area contributed by atoms with Crippen LogP contribution in [0.2, 0.25) is 0 Å². The number of unbranched alkanes of at least 4 members (excludes halogenated alkanes) is 2. The van der Waals surface area contributed by atoms with Gasteiger partial charge in [-0.2, -0.15) is 15.8 Å². The fraction of sp³-hybridized carbons (Fsp3) is 0.289. The molecule has 3 rings (SSSR count). The van der Waals surface area contributed by atoms with Gasteiger partial charge in [-0.05, 0) is 79.8 Å². The smallest absolute Gasteiger partial charge is 0.172 e. The molecule has 0 saturated heterocycles. The molecule has 46 heavy (non-hydrogen) atoms. The number of aliphatic hydroxyl groups excluding tert-OH is 1. The molecule has 0 radical (unpaired) electrons. The molecule has 1 N–H and O–H groups in total. The van der Waals surface area contributed by atoms with Gasteiger partial charge in [-0.1, -0.05) is 49.8 Å². The van der Waals surface area contributed by atoms with Crippen molar-refractivity contribution >= 4 is 35.3 Å². The van der Waals surface area contributed by atoms with E-state index in [9.17, 15) is 20.9 Å². The number of benzene rings is 2. The van der Waals surface area contributed by atoms with Gasteiger partial charge in [0.05, 0.1) is 12.7 Å². The van der Waals surface area contributed by atoms with Crippen LogP contribution in [-0.4, -0.2) is 31.9 Å². The van der Waals surface area contributed by atoms with Crippen LogP contribution in [0, 0.1) is 34.0 Å². The number of nitriles is 3. The Labute approximate surface area is 276 Å². The third-order valence-electron chi connectivity index (χ3n) is 7.18. The zero-order valence-electron chi connectivity index (χ0n) is 26.7. The van der Waals surface area contributed by atoms with Crippen LogP contribution in [0.4, 0.5) is 5.69 Å². The van der Waals surface area contributed by atoms with Crippen molar-refractivity contribution in [2.24, 2.45) is 0 Å². The molecular formula is C38H40N4O3S. The summed E-state index contributed by atoms with van der Waals surface area (Å²) in [5, 5.41) is 37.4. The Morgan fingerprint density at radius 3 is 2.26 bits per heavy atom. The summed E-state index contributed by atoms with van der Waals surface area (Å²) in [6.45, 7) is 6.42. The number of thiophene rings is 1. The topological polar surface area (TPSA) is 113 Å². The third-order valence-corrected chi connectivity index (χ3v) is 8.19. The van der Waals surface area contributed by atoms with Gasteiger partial charge in [0.1, 0.15) is 30.6 Å². The van der Waals surface area contributed by atoms with Crippen molar-refractivity contribution < 1.29 is 14.6 Å². The fourth-order valence-corrected chi connectivity index (χ4v) is 5.45. The second-order valence-corrected chi connectivity index (χ2v) is 11.6. The summed E-state index contributed by atoms with van der Waals surface area (Å²) in [4.78, 5) is 4.40. The molecule has 7 nitrogen and oxygen atoms in total. The Morgan fingerprint density at radius 1 is 0.891 bits per heavy atom. The van der Waals surface area contributed by atoms with Crippen molar-refractivity contribution in [2.45, 2.75) is 46.1 Å². The number of hydrogen-bond acceptors (Lipinski definition) is 8. The lowest BCUT2D eigenvalue weighted by molar-refractivity contribution is 0.285. The van der Waals surface area contributed by atoms with Gasteiger partial charge in [0.2, 0.25) is 0 Å². The summed E-state index contributed by atoms with van der Waals surface area (Å²) in [7, 11) is 1.34. The molecule has 1 aromatic heterocycles. The Kier molecular flexibility index (Phi) is 14.9. The quantitative estimate of drug-likeness (QED) is 0.0685. The minimum atomic E-state index is -0.245. The van der Waals surface area contributed by atoms with Crippen LogP contribution in [0.15, 0.2) is 89.2 Å². The number of nitrogens with zero attached hydrogens (tertiary/aromatic N) is 4. The molecule has 0 aliphatic rings. The number of rotatable bonds is 17. The number of methoxy groups -OCH3 is 1. The van der Waals surface area contributed by atoms with Crippen LogP contribution < -0.4 is 9.64 Å². The minimum absolute atomic E-state index is 0.0283. The van der Waals surface area contributed by atoms with E-state index in [1.807, 2.05) is 36.4 Å². The average molecular weight is 633 g/mol. The van der Waals surface area contributed by atoms with Gasteiger partial charge in [-0.3, -0.25) is 0 Å². The van der Waals surface area contributed by atoms with Crippen molar-refractivity contribution in [3.05, 3.63) is 110 Å². The van der Waals surface area contributed by atoms with E-state index in [0.717, 1.165) is 71.1 Å². The highest BCUT2D eigenvalue weighted by Gasteiger charge is 2.15. The molecule has 0 atom stereocenters. The van der Waals surface area contributed by atoms with Gasteiger partial charge in [0.15, 0.2) is 11.3 Å². The molecule has 1 heterocycles. The maximum Gasteiger partial charge on any atom is 0.172 e. The molecule has 0 amide bonds. The van der Waals surface area contributed by atoms with Gasteiger partial charge < -0.3 is 19.5 Å². The first kappa shape index (κ1) is 35.4. The highest BCUT2D eigenvalue weighted by Crippen LogP contribution is 2.30. The first-order chi connectivity index (χ1) is 22.5. The van der Waals surface area contributed by atoms with Crippen molar-refractivity contribution in [1.29, 1.82) is 15.8 Å². The molecule has 2 aromatic carbocycles. The maximum absolute atomic E-state index is 9.67. The third kappa shape index (κ3) is 10.5. The Balaban J connectivity index is 1.87. The Bertz CT molecular complexity index is 1660. The van der Waals surface area contributed by atoms with Crippen molar-refractivity contribution in [3.63, 3.8) is 0 Å². The van der Waals surface area contributed by atoms with Crippen molar-refractivity contribution in [1.82, 2.24) is 0 Å². The number of anilines is 1. The van der Waals surface area contributed by atoms with E-state index in [-0.39, 0.29) is 23.5 Å². The summed E-state index contributed by atoms with van der Waals surface area (Å²) < 4.78 is 11.6. The first-order valence-electron chi connectivity index (χ1n) is 15.3. The molecule has 236 valence electrons. The van der Waals surface area contributed by atoms with Crippen LogP contribution in [0.1, 0.15) is 60.4 Å². The Morgan fingerprint density at radius 2 is 1.61 bits per heavy atom. The van der Waals surface area contributed by atoms with Gasteiger partial charge >= 0.3 is 0 Å². The van der Waals surface area contributed by atoms with Crippen LogP contribution in [0.5, 0.6) is 5.75 Å². The van der Waals surface area contributed by atoms with E-state index in [0.29, 0.717) is 12.2 Å². The SMILES string of the molecule is CCCCN(CCCCO)c1ccc(/C=C/c2ccc(/C=C/C(C)=C(\C#N)C(OC)=C(C#N)C#N)s2)c(OCc2ccccc2)c1. The van der Waals surface area contributed by atoms with Crippen LogP contribution >= 0.6 is 11.3 Å². The molecule has 0 unspecified atom stereocenters. The van der Waals surface area contributed by atoms with E-state index in [2.05, 4.69) is 60.4 Å². The van der Waals surface area contributed by atoms with Crippen molar-refractivity contribution in [2.75, 3.05) is 31.7 Å². The van der Waals surface area contributed by atoms with Gasteiger partial charge in [0.25, 0.3) is 0 Å². The molecule has 0 saturated carbocycles. The molecule has 3 aromatic rings. The van der Waals surface area contributed by atoms with Gasteiger partial charge in [-0.15, -0.1) is 11.3 Å². The van der Waals surface area contributed by atoms with E-state index in [1.54, 1.807) is 36.5 Å². The second-order valence-electron chi connectivity index (χ2n) is 10.5. The predicted octanol–water partition coefficient (Wildman–Crippen LogP) is 8.68. The first-order valence-corrected chi connectivity index (χ1v) is 16.1. The maximum atomic E-state index is 9.67. The Hall–Kier alpha value is -5.07. The normalized spacial score (nSPS) is 11.4. The zero-order valence-corrected chi connectivity index (χ0v) is 27.5. The lowest BCUT2D eigenvalue weighted by atomic mass is 10.0. The van der Waals surface area contributed by atoms with Crippen molar-refractivity contribution in [3.8, 4) is 24.0 Å². The summed E-state index contributed by atoms with van der Waals surface area (Å²) in [5.41, 5.74) is 3.65. The lowest BCUT2D eigenvalue weighted by Gasteiger charge is -2.26. The fourth-order valence-electron chi connectivity index (χ4n) is 4.63. The summed E-state index contributed by atoms with van der Waals surface area (Å²) in [5.74, 6) is 0.776. The van der Waals surface area contributed by atoms with E-state index < -0.39 is 0 Å².